The van der Waals surface area contributed by atoms with Crippen LogP contribution in [0.15, 0.2) is 24.3 Å². The van der Waals surface area contributed by atoms with Crippen molar-refractivity contribution in [1.29, 1.82) is 0 Å². The molecule has 0 amide bonds. The average molecular weight is 394 g/mol. The van der Waals surface area contributed by atoms with Gasteiger partial charge in [0.25, 0.3) is 0 Å². The second-order valence-corrected chi connectivity index (χ2v) is 6.64. The number of methoxy groups -OCH3 is 2. The molecule has 0 saturated heterocycles. The molecule has 0 N–H and O–H groups in total. The molecule has 0 atom stereocenters. The van der Waals surface area contributed by atoms with Gasteiger partial charge in [-0.3, -0.25) is 14.4 Å². The van der Waals surface area contributed by atoms with E-state index in [1.165, 1.54) is 38.5 Å². The minimum Gasteiger partial charge on any atom is -0.468 e. The van der Waals surface area contributed by atoms with Gasteiger partial charge in [-0.15, -0.1) is 0 Å². The van der Waals surface area contributed by atoms with E-state index in [9.17, 15) is 18.8 Å². The fourth-order valence-electron chi connectivity index (χ4n) is 3.61. The predicted molar refractivity (Wildman–Crippen MR) is 94.3 cm³/mol. The molecule has 1 aromatic heterocycles. The SMILES string of the molecule is COC(=O)C1(C(=O)OC)CCn2c(C(=O)c3ccc(F)cc3)c(C)c(Cl)c21. The second-order valence-electron chi connectivity index (χ2n) is 6.26. The van der Waals surface area contributed by atoms with Crippen LogP contribution in [0.3, 0.4) is 0 Å². The van der Waals surface area contributed by atoms with Crippen LogP contribution in [0.4, 0.5) is 4.39 Å². The monoisotopic (exact) mass is 393 g/mol. The Hall–Kier alpha value is -2.67. The van der Waals surface area contributed by atoms with Gasteiger partial charge in [0.05, 0.1) is 30.6 Å². The zero-order valence-corrected chi connectivity index (χ0v) is 15.7. The van der Waals surface area contributed by atoms with Crippen molar-refractivity contribution in [2.75, 3.05) is 14.2 Å². The normalized spacial score (nSPS) is 14.6. The molecule has 0 saturated carbocycles. The third-order valence-corrected chi connectivity index (χ3v) is 5.40. The summed E-state index contributed by atoms with van der Waals surface area (Å²) in [5.41, 5.74) is -0.600. The van der Waals surface area contributed by atoms with Crippen LogP contribution in [0.2, 0.25) is 5.02 Å². The summed E-state index contributed by atoms with van der Waals surface area (Å²) in [6, 6.07) is 5.11. The van der Waals surface area contributed by atoms with E-state index in [0.29, 0.717) is 5.56 Å². The molecule has 0 aliphatic carbocycles. The van der Waals surface area contributed by atoms with Crippen LogP contribution in [0.5, 0.6) is 0 Å². The first-order chi connectivity index (χ1) is 12.8. The number of hydrogen-bond acceptors (Lipinski definition) is 5. The highest BCUT2D eigenvalue weighted by molar-refractivity contribution is 6.34. The molecular weight excluding hydrogens is 377 g/mol. The van der Waals surface area contributed by atoms with Crippen LogP contribution in [-0.2, 0) is 31.0 Å². The minimum atomic E-state index is -1.73. The lowest BCUT2D eigenvalue weighted by atomic mass is 9.83. The summed E-state index contributed by atoms with van der Waals surface area (Å²) in [4.78, 5) is 38.1. The largest absolute Gasteiger partial charge is 0.468 e. The molecule has 0 radical (unpaired) electrons. The first-order valence-electron chi connectivity index (χ1n) is 8.15. The Labute approximate surface area is 159 Å². The first kappa shape index (κ1) is 19.1. The lowest BCUT2D eigenvalue weighted by Gasteiger charge is -2.23. The van der Waals surface area contributed by atoms with E-state index in [4.69, 9.17) is 21.1 Å². The number of fused-ring (bicyclic) bond motifs is 1. The lowest BCUT2D eigenvalue weighted by Crippen LogP contribution is -2.44. The van der Waals surface area contributed by atoms with Gasteiger partial charge in [-0.05, 0) is 43.2 Å². The molecule has 1 aliphatic heterocycles. The molecule has 2 heterocycles. The van der Waals surface area contributed by atoms with Crippen molar-refractivity contribution < 1.29 is 28.2 Å². The first-order valence-corrected chi connectivity index (χ1v) is 8.53. The molecular formula is C19H17ClFNO5. The van der Waals surface area contributed by atoms with E-state index in [0.717, 1.165) is 0 Å². The van der Waals surface area contributed by atoms with E-state index in [1.54, 1.807) is 11.5 Å². The van der Waals surface area contributed by atoms with Crippen LogP contribution in [0.1, 0.15) is 33.7 Å². The van der Waals surface area contributed by atoms with Crippen LogP contribution in [0, 0.1) is 12.7 Å². The fourth-order valence-corrected chi connectivity index (χ4v) is 3.97. The van der Waals surface area contributed by atoms with Gasteiger partial charge in [0.15, 0.2) is 0 Å². The number of hydrogen-bond donors (Lipinski definition) is 0. The Balaban J connectivity index is 2.22. The number of ketones is 1. The Morgan fingerprint density at radius 2 is 1.67 bits per heavy atom. The third-order valence-electron chi connectivity index (χ3n) is 4.94. The smallest absolute Gasteiger partial charge is 0.329 e. The van der Waals surface area contributed by atoms with Gasteiger partial charge in [-0.2, -0.15) is 0 Å². The van der Waals surface area contributed by atoms with Crippen molar-refractivity contribution in [2.24, 2.45) is 0 Å². The number of halogens is 2. The Bertz CT molecular complexity index is 932. The van der Waals surface area contributed by atoms with E-state index in [2.05, 4.69) is 0 Å². The predicted octanol–water partition coefficient (Wildman–Crippen LogP) is 2.81. The summed E-state index contributed by atoms with van der Waals surface area (Å²) in [6.07, 6.45) is 0.0609. The highest BCUT2D eigenvalue weighted by atomic mass is 35.5. The molecule has 0 spiro atoms. The number of benzene rings is 1. The topological polar surface area (TPSA) is 74.6 Å². The van der Waals surface area contributed by atoms with Crippen molar-refractivity contribution in [3.8, 4) is 0 Å². The summed E-state index contributed by atoms with van der Waals surface area (Å²) in [6.45, 7) is 1.83. The highest BCUT2D eigenvalue weighted by Gasteiger charge is 2.57. The van der Waals surface area contributed by atoms with Gasteiger partial charge in [-0.1, -0.05) is 11.6 Å². The maximum atomic E-state index is 13.2. The molecule has 6 nitrogen and oxygen atoms in total. The van der Waals surface area contributed by atoms with Crippen LogP contribution >= 0.6 is 11.6 Å². The third kappa shape index (κ3) is 2.65. The number of ether oxygens (including phenoxy) is 2. The maximum absolute atomic E-state index is 13.2. The summed E-state index contributed by atoms with van der Waals surface area (Å²) >= 11 is 6.45. The molecule has 27 heavy (non-hydrogen) atoms. The van der Waals surface area contributed by atoms with Gasteiger partial charge >= 0.3 is 11.9 Å². The quantitative estimate of drug-likeness (QED) is 0.453. The molecule has 0 unspecified atom stereocenters. The summed E-state index contributed by atoms with van der Waals surface area (Å²) < 4.78 is 24.4. The highest BCUT2D eigenvalue weighted by Crippen LogP contribution is 2.45. The fraction of sp³-hybridized carbons (Fsp3) is 0.316. The van der Waals surface area contributed by atoms with Crippen molar-refractivity contribution in [3.05, 3.63) is 57.6 Å². The van der Waals surface area contributed by atoms with E-state index < -0.39 is 23.2 Å². The van der Waals surface area contributed by atoms with Gasteiger partial charge in [-0.25, -0.2) is 4.39 Å². The number of carbonyl (C=O) groups is 3. The van der Waals surface area contributed by atoms with Gasteiger partial charge in [0.1, 0.15) is 5.82 Å². The van der Waals surface area contributed by atoms with E-state index >= 15 is 0 Å². The molecule has 1 aromatic carbocycles. The molecule has 3 rings (SSSR count). The van der Waals surface area contributed by atoms with Gasteiger partial charge in [0.2, 0.25) is 11.2 Å². The lowest BCUT2D eigenvalue weighted by molar-refractivity contribution is -0.161. The Kier molecular flexibility index (Phi) is 4.82. The molecule has 0 fully saturated rings. The molecule has 1 aliphatic rings. The zero-order valence-electron chi connectivity index (χ0n) is 15.0. The van der Waals surface area contributed by atoms with Crippen molar-refractivity contribution in [3.63, 3.8) is 0 Å². The standard InChI is InChI=1S/C19H17ClFNO5/c1-10-13(20)16-19(17(24)26-2,18(25)27-3)8-9-22(16)14(10)15(23)11-4-6-12(21)7-5-11/h4-7H,8-9H2,1-3H3. The van der Waals surface area contributed by atoms with Crippen molar-refractivity contribution >= 4 is 29.3 Å². The number of esters is 2. The van der Waals surface area contributed by atoms with Crippen LogP contribution in [-0.4, -0.2) is 36.5 Å². The molecule has 8 heteroatoms. The maximum Gasteiger partial charge on any atom is 0.329 e. The summed E-state index contributed by atoms with van der Waals surface area (Å²) in [5, 5.41) is 0.133. The number of rotatable bonds is 4. The van der Waals surface area contributed by atoms with Crippen molar-refractivity contribution in [1.82, 2.24) is 4.57 Å². The molecule has 0 bridgehead atoms. The van der Waals surface area contributed by atoms with E-state index in [-0.39, 0.29) is 40.7 Å². The van der Waals surface area contributed by atoms with Gasteiger partial charge in [0, 0.05) is 12.1 Å². The summed E-state index contributed by atoms with van der Waals surface area (Å²) in [7, 11) is 2.34. The molecule has 2 aromatic rings. The average Bonchev–Trinajstić information content (AvgIpc) is 3.18. The summed E-state index contributed by atoms with van der Waals surface area (Å²) in [5.74, 6) is -2.44. The minimum absolute atomic E-state index is 0.0609. The Morgan fingerprint density at radius 3 is 2.19 bits per heavy atom. The zero-order chi connectivity index (χ0) is 19.9. The Morgan fingerprint density at radius 1 is 1.11 bits per heavy atom. The number of aromatic nitrogens is 1. The van der Waals surface area contributed by atoms with Crippen molar-refractivity contribution in [2.45, 2.75) is 25.3 Å². The number of nitrogens with zero attached hydrogens (tertiary/aromatic N) is 1. The van der Waals surface area contributed by atoms with Crippen LogP contribution < -0.4 is 0 Å². The second kappa shape index (κ2) is 6.81. The molecule has 142 valence electrons. The van der Waals surface area contributed by atoms with Crippen LogP contribution in [0.25, 0.3) is 0 Å². The number of carbonyl (C=O) groups excluding carboxylic acids is 3. The van der Waals surface area contributed by atoms with Gasteiger partial charge < -0.3 is 14.0 Å². The van der Waals surface area contributed by atoms with E-state index in [1.807, 2.05) is 0 Å².